The van der Waals surface area contributed by atoms with Crippen LogP contribution >= 0.6 is 0 Å². The molecule has 0 atom stereocenters. The lowest BCUT2D eigenvalue weighted by Crippen LogP contribution is -1.83. The van der Waals surface area contributed by atoms with Crippen LogP contribution in [-0.2, 0) is 4.79 Å². The molecule has 0 aromatic rings. The molecule has 0 saturated carbocycles. The van der Waals surface area contributed by atoms with Crippen molar-refractivity contribution in [3.05, 3.63) is 23.5 Å². The van der Waals surface area contributed by atoms with E-state index in [4.69, 9.17) is 5.11 Å². The molecule has 0 bridgehead atoms. The molecule has 1 rings (SSSR count). The summed E-state index contributed by atoms with van der Waals surface area (Å²) in [6.07, 6.45) is 4.62. The number of aliphatic hydroxyl groups excluding tert-OH is 1. The minimum atomic E-state index is 0.111. The van der Waals surface area contributed by atoms with Crippen LogP contribution in [0.1, 0.15) is 6.42 Å². The van der Waals surface area contributed by atoms with Crippen LogP contribution in [-0.4, -0.2) is 11.4 Å². The molecule has 0 fully saturated rings. The monoisotopic (exact) mass is 110 g/mol. The summed E-state index contributed by atoms with van der Waals surface area (Å²) >= 11 is 0. The number of aldehydes is 1. The second-order valence-corrected chi connectivity index (χ2v) is 1.60. The van der Waals surface area contributed by atoms with Gasteiger partial charge in [0, 0.05) is 0 Å². The van der Waals surface area contributed by atoms with Crippen LogP contribution in [0.15, 0.2) is 23.5 Å². The molecular formula is C6H6O2. The highest BCUT2D eigenvalue weighted by atomic mass is 16.3. The van der Waals surface area contributed by atoms with Crippen molar-refractivity contribution >= 4 is 6.29 Å². The Morgan fingerprint density at radius 1 is 1.62 bits per heavy atom. The summed E-state index contributed by atoms with van der Waals surface area (Å²) < 4.78 is 0. The Morgan fingerprint density at radius 2 is 2.38 bits per heavy atom. The summed E-state index contributed by atoms with van der Waals surface area (Å²) in [6, 6.07) is 0. The largest absolute Gasteiger partial charge is 0.508 e. The Bertz CT molecular complexity index is 165. The molecule has 0 aromatic carbocycles. The number of allylic oxidation sites excluding steroid dienone is 3. The molecule has 0 amide bonds. The van der Waals surface area contributed by atoms with Gasteiger partial charge in [-0.2, -0.15) is 0 Å². The van der Waals surface area contributed by atoms with Gasteiger partial charge in [-0.1, -0.05) is 6.08 Å². The van der Waals surface area contributed by atoms with Gasteiger partial charge in [0.1, 0.15) is 5.76 Å². The summed E-state index contributed by atoms with van der Waals surface area (Å²) in [7, 11) is 0. The van der Waals surface area contributed by atoms with Crippen LogP contribution < -0.4 is 0 Å². The molecule has 2 heteroatoms. The molecule has 0 saturated heterocycles. The summed E-state index contributed by atoms with van der Waals surface area (Å²) in [5.74, 6) is 0.111. The van der Waals surface area contributed by atoms with E-state index < -0.39 is 0 Å². The zero-order valence-corrected chi connectivity index (χ0v) is 4.29. The smallest absolute Gasteiger partial charge is 0.153 e. The summed E-state index contributed by atoms with van der Waals surface area (Å²) in [6.45, 7) is 0. The van der Waals surface area contributed by atoms with Crippen LogP contribution in [0.2, 0.25) is 0 Å². The Morgan fingerprint density at radius 3 is 2.62 bits per heavy atom. The van der Waals surface area contributed by atoms with Crippen molar-refractivity contribution in [1.29, 1.82) is 0 Å². The van der Waals surface area contributed by atoms with E-state index in [1.54, 1.807) is 12.2 Å². The van der Waals surface area contributed by atoms with Gasteiger partial charge in [-0.15, -0.1) is 0 Å². The van der Waals surface area contributed by atoms with Crippen molar-refractivity contribution in [2.75, 3.05) is 0 Å². The fraction of sp³-hybridized carbons (Fsp3) is 0.167. The summed E-state index contributed by atoms with van der Waals surface area (Å²) in [5, 5.41) is 8.75. The first-order chi connectivity index (χ1) is 3.84. The van der Waals surface area contributed by atoms with Crippen LogP contribution in [0.3, 0.4) is 0 Å². The van der Waals surface area contributed by atoms with Gasteiger partial charge in [0.2, 0.25) is 0 Å². The summed E-state index contributed by atoms with van der Waals surface area (Å²) in [5.41, 5.74) is 0.407. The Labute approximate surface area is 47.1 Å². The molecule has 0 spiro atoms. The quantitative estimate of drug-likeness (QED) is 0.510. The van der Waals surface area contributed by atoms with Crippen molar-refractivity contribution in [1.82, 2.24) is 0 Å². The summed E-state index contributed by atoms with van der Waals surface area (Å²) in [4.78, 5) is 9.95. The molecule has 1 aliphatic carbocycles. The molecule has 0 unspecified atom stereocenters. The molecule has 0 heterocycles. The number of carbonyl (C=O) groups is 1. The Kier molecular flexibility index (Phi) is 1.16. The van der Waals surface area contributed by atoms with Crippen molar-refractivity contribution in [2.24, 2.45) is 0 Å². The normalized spacial score (nSPS) is 17.5. The SMILES string of the molecule is O=CC1=CCC=C1O. The van der Waals surface area contributed by atoms with E-state index in [9.17, 15) is 4.79 Å². The molecule has 0 radical (unpaired) electrons. The maximum Gasteiger partial charge on any atom is 0.153 e. The third-order valence-corrected chi connectivity index (χ3v) is 1.07. The molecule has 2 nitrogen and oxygen atoms in total. The van der Waals surface area contributed by atoms with Crippen LogP contribution in [0.25, 0.3) is 0 Å². The third-order valence-electron chi connectivity index (χ3n) is 1.07. The molecule has 0 aromatic heterocycles. The Hall–Kier alpha value is -1.05. The number of hydrogen-bond donors (Lipinski definition) is 1. The fourth-order valence-electron chi connectivity index (χ4n) is 0.628. The molecule has 1 N–H and O–H groups in total. The maximum atomic E-state index is 9.95. The third kappa shape index (κ3) is 0.644. The van der Waals surface area contributed by atoms with E-state index in [2.05, 4.69) is 0 Å². The first kappa shape index (κ1) is 5.09. The van der Waals surface area contributed by atoms with E-state index in [0.717, 1.165) is 0 Å². The molecule has 1 aliphatic rings. The zero-order valence-electron chi connectivity index (χ0n) is 4.29. The van der Waals surface area contributed by atoms with Crippen molar-refractivity contribution in [3.8, 4) is 0 Å². The van der Waals surface area contributed by atoms with E-state index >= 15 is 0 Å². The molecule has 8 heavy (non-hydrogen) atoms. The molecule has 0 aliphatic heterocycles. The number of carbonyl (C=O) groups excluding carboxylic acids is 1. The lowest BCUT2D eigenvalue weighted by Gasteiger charge is -1.86. The van der Waals surface area contributed by atoms with Gasteiger partial charge in [0.05, 0.1) is 5.57 Å². The molecule has 42 valence electrons. The average molecular weight is 110 g/mol. The topological polar surface area (TPSA) is 37.3 Å². The minimum absolute atomic E-state index is 0.111. The van der Waals surface area contributed by atoms with Crippen LogP contribution in [0.4, 0.5) is 0 Å². The standard InChI is InChI=1S/C6H6O2/c7-4-5-2-1-3-6(5)8/h2-4,8H,1H2. The molecular weight excluding hydrogens is 104 g/mol. The second kappa shape index (κ2) is 1.82. The van der Waals surface area contributed by atoms with Gasteiger partial charge in [-0.25, -0.2) is 0 Å². The maximum absolute atomic E-state index is 9.95. The van der Waals surface area contributed by atoms with Crippen molar-refractivity contribution in [2.45, 2.75) is 6.42 Å². The fourth-order valence-corrected chi connectivity index (χ4v) is 0.628. The zero-order chi connectivity index (χ0) is 5.98. The van der Waals surface area contributed by atoms with Gasteiger partial charge >= 0.3 is 0 Å². The predicted molar refractivity (Wildman–Crippen MR) is 29.5 cm³/mol. The van der Waals surface area contributed by atoms with Crippen molar-refractivity contribution < 1.29 is 9.90 Å². The van der Waals surface area contributed by atoms with Gasteiger partial charge in [-0.05, 0) is 12.5 Å². The number of rotatable bonds is 1. The highest BCUT2D eigenvalue weighted by molar-refractivity contribution is 5.80. The highest BCUT2D eigenvalue weighted by Crippen LogP contribution is 2.12. The second-order valence-electron chi connectivity index (χ2n) is 1.60. The van der Waals surface area contributed by atoms with Crippen molar-refractivity contribution in [3.63, 3.8) is 0 Å². The predicted octanol–water partition coefficient (Wildman–Crippen LogP) is 0.957. The van der Waals surface area contributed by atoms with Gasteiger partial charge in [0.25, 0.3) is 0 Å². The number of hydrogen-bond acceptors (Lipinski definition) is 2. The number of aliphatic hydroxyl groups is 1. The van der Waals surface area contributed by atoms with Gasteiger partial charge in [-0.3, -0.25) is 4.79 Å². The first-order valence-electron chi connectivity index (χ1n) is 2.39. The van der Waals surface area contributed by atoms with Gasteiger partial charge in [0.15, 0.2) is 6.29 Å². The van der Waals surface area contributed by atoms with E-state index in [1.165, 1.54) is 0 Å². The van der Waals surface area contributed by atoms with Crippen LogP contribution in [0, 0.1) is 0 Å². The lowest BCUT2D eigenvalue weighted by atomic mass is 10.3. The van der Waals surface area contributed by atoms with Gasteiger partial charge < -0.3 is 5.11 Å². The average Bonchev–Trinajstić information content (AvgIpc) is 2.14. The Balaban J connectivity index is 2.81. The van der Waals surface area contributed by atoms with E-state index in [1.807, 2.05) is 0 Å². The van der Waals surface area contributed by atoms with Crippen LogP contribution in [0.5, 0.6) is 0 Å². The lowest BCUT2D eigenvalue weighted by molar-refractivity contribution is -0.104. The first-order valence-corrected chi connectivity index (χ1v) is 2.39. The van der Waals surface area contributed by atoms with E-state index in [-0.39, 0.29) is 5.76 Å². The minimum Gasteiger partial charge on any atom is -0.508 e. The highest BCUT2D eigenvalue weighted by Gasteiger charge is 2.04. The van der Waals surface area contributed by atoms with E-state index in [0.29, 0.717) is 18.3 Å².